The number of carboxylic acid groups (broad SMARTS) is 1. The summed E-state index contributed by atoms with van der Waals surface area (Å²) < 4.78 is 17.0. The Morgan fingerprint density at radius 3 is 2.92 bits per heavy atom. The number of hydrogen-bond donors (Lipinski definition) is 0. The van der Waals surface area contributed by atoms with Gasteiger partial charge in [-0.15, -0.1) is 11.3 Å². The summed E-state index contributed by atoms with van der Waals surface area (Å²) in [5.41, 5.74) is 2.67. The highest BCUT2D eigenvalue weighted by Gasteiger charge is 2.27. The van der Waals surface area contributed by atoms with Crippen molar-refractivity contribution in [1.82, 2.24) is 0 Å². The third kappa shape index (κ3) is 2.97. The molecule has 0 radical (unpaired) electrons. The summed E-state index contributed by atoms with van der Waals surface area (Å²) in [6.07, 6.45) is 1.95. The van der Waals surface area contributed by atoms with Crippen LogP contribution in [-0.2, 0) is 11.3 Å². The first-order chi connectivity index (χ1) is 12.6. The molecule has 2 aromatic heterocycles. The number of thiophene rings is 1. The molecule has 0 fully saturated rings. The van der Waals surface area contributed by atoms with Gasteiger partial charge in [-0.1, -0.05) is 11.8 Å². The van der Waals surface area contributed by atoms with Crippen LogP contribution < -0.4 is 14.6 Å². The number of anilines is 1. The van der Waals surface area contributed by atoms with E-state index in [1.54, 1.807) is 22.3 Å². The van der Waals surface area contributed by atoms with Crippen molar-refractivity contribution in [3.05, 3.63) is 58.3 Å². The first kappa shape index (κ1) is 17.1. The van der Waals surface area contributed by atoms with Crippen LogP contribution in [0.4, 0.5) is 10.1 Å². The standard InChI is InChI=1S/C19H15FN2O2S2/c1-2-21-13(4-6-16-14(21)7-8-25-16)10-18-22(11-19(23)24)15-9-12(20)3-5-17(15)26-18/h3-10H,2,11H2,1H3. The Kier molecular flexibility index (Phi) is 4.42. The highest BCUT2D eigenvalue weighted by Crippen LogP contribution is 2.46. The van der Waals surface area contributed by atoms with Crippen LogP contribution in [0.5, 0.6) is 0 Å². The fourth-order valence-corrected chi connectivity index (χ4v) is 5.01. The lowest BCUT2D eigenvalue weighted by Gasteiger charge is -2.20. The molecule has 132 valence electrons. The maximum Gasteiger partial charge on any atom is 0.223 e. The van der Waals surface area contributed by atoms with Gasteiger partial charge in [0.25, 0.3) is 0 Å². The lowest BCUT2D eigenvalue weighted by atomic mass is 10.2. The van der Waals surface area contributed by atoms with E-state index in [4.69, 9.17) is 0 Å². The predicted octanol–water partition coefficient (Wildman–Crippen LogP) is 3.01. The van der Waals surface area contributed by atoms with Gasteiger partial charge in [-0.05, 0) is 36.6 Å². The average Bonchev–Trinajstić information content (AvgIpc) is 3.20. The second-order valence-electron chi connectivity index (χ2n) is 5.83. The van der Waals surface area contributed by atoms with E-state index in [0.29, 0.717) is 5.69 Å². The molecule has 1 aliphatic heterocycles. The molecule has 3 aromatic rings. The zero-order chi connectivity index (χ0) is 18.3. The molecular weight excluding hydrogens is 371 g/mol. The number of pyridine rings is 1. The number of thioether (sulfide) groups is 1. The number of rotatable bonds is 4. The number of carbonyl (C=O) groups excluding carboxylic acids is 1. The smallest absolute Gasteiger partial charge is 0.223 e. The summed E-state index contributed by atoms with van der Waals surface area (Å²) in [5.74, 6) is -1.59. The molecule has 0 aliphatic carbocycles. The minimum atomic E-state index is -1.20. The molecule has 0 bridgehead atoms. The van der Waals surface area contributed by atoms with Gasteiger partial charge < -0.3 is 14.8 Å². The number of hydrogen-bond acceptors (Lipinski definition) is 5. The number of aliphatic carboxylic acids is 1. The zero-order valence-electron chi connectivity index (χ0n) is 13.9. The van der Waals surface area contributed by atoms with E-state index in [1.165, 1.54) is 28.6 Å². The molecule has 7 heteroatoms. The van der Waals surface area contributed by atoms with Crippen LogP contribution in [0.2, 0.25) is 0 Å². The van der Waals surface area contributed by atoms with E-state index in [2.05, 4.69) is 29.0 Å². The molecule has 0 N–H and O–H groups in total. The highest BCUT2D eigenvalue weighted by molar-refractivity contribution is 8.03. The molecule has 0 unspecified atom stereocenters. The normalized spacial score (nSPS) is 15.0. The fraction of sp³-hybridized carbons (Fsp3) is 0.158. The Morgan fingerprint density at radius 1 is 1.31 bits per heavy atom. The second-order valence-corrected chi connectivity index (χ2v) is 7.84. The molecule has 0 spiro atoms. The van der Waals surface area contributed by atoms with Gasteiger partial charge in [-0.25, -0.2) is 4.39 Å². The van der Waals surface area contributed by atoms with E-state index in [1.807, 2.05) is 12.1 Å². The van der Waals surface area contributed by atoms with Crippen molar-refractivity contribution in [3.63, 3.8) is 0 Å². The van der Waals surface area contributed by atoms with Crippen molar-refractivity contribution in [3.8, 4) is 0 Å². The monoisotopic (exact) mass is 386 g/mol. The van der Waals surface area contributed by atoms with E-state index >= 15 is 0 Å². The maximum absolute atomic E-state index is 13.7. The van der Waals surface area contributed by atoms with Gasteiger partial charge in [-0.3, -0.25) is 0 Å². The minimum Gasteiger partial charge on any atom is -0.548 e. The lowest BCUT2D eigenvalue weighted by Crippen LogP contribution is -2.38. The van der Waals surface area contributed by atoms with Gasteiger partial charge in [0.15, 0.2) is 0 Å². The summed E-state index contributed by atoms with van der Waals surface area (Å²) in [4.78, 5) is 13.6. The fourth-order valence-electron chi connectivity index (χ4n) is 3.13. The van der Waals surface area contributed by atoms with Crippen LogP contribution in [0.15, 0.2) is 51.7 Å². The summed E-state index contributed by atoms with van der Waals surface area (Å²) in [6, 6.07) is 10.6. The van der Waals surface area contributed by atoms with Crippen LogP contribution in [-0.4, -0.2) is 12.5 Å². The average molecular weight is 386 g/mol. The number of nitrogens with zero attached hydrogens (tertiary/aromatic N) is 2. The number of halogens is 1. The van der Waals surface area contributed by atoms with Crippen molar-refractivity contribution < 1.29 is 18.9 Å². The third-order valence-corrected chi connectivity index (χ3v) is 6.23. The molecule has 3 heterocycles. The number of carbonyl (C=O) groups is 1. The first-order valence-electron chi connectivity index (χ1n) is 8.13. The maximum atomic E-state index is 13.7. The van der Waals surface area contributed by atoms with Gasteiger partial charge in [0.2, 0.25) is 11.2 Å². The number of aromatic nitrogens is 1. The number of fused-ring (bicyclic) bond motifs is 2. The van der Waals surface area contributed by atoms with Crippen molar-refractivity contribution in [2.75, 3.05) is 11.4 Å². The topological polar surface area (TPSA) is 47.2 Å². The molecule has 0 amide bonds. The number of aryl methyl sites for hydroxylation is 1. The van der Waals surface area contributed by atoms with Crippen LogP contribution in [0.3, 0.4) is 0 Å². The summed E-state index contributed by atoms with van der Waals surface area (Å²) >= 11 is 3.12. The summed E-state index contributed by atoms with van der Waals surface area (Å²) in [7, 11) is 0. The summed E-state index contributed by atoms with van der Waals surface area (Å²) in [5, 5.41) is 14.0. The third-order valence-electron chi connectivity index (χ3n) is 4.25. The first-order valence-corrected chi connectivity index (χ1v) is 9.83. The van der Waals surface area contributed by atoms with E-state index in [-0.39, 0.29) is 6.54 Å². The molecule has 1 aliphatic rings. The molecular formula is C19H15FN2O2S2. The SMILES string of the molecule is CC[n+]1c(/C=C2\Sc3ccc(F)cc3N2CC(=O)[O-])ccc2sccc21. The van der Waals surface area contributed by atoms with Gasteiger partial charge in [0.05, 0.1) is 27.9 Å². The highest BCUT2D eigenvalue weighted by atomic mass is 32.2. The van der Waals surface area contributed by atoms with Crippen LogP contribution in [0.1, 0.15) is 12.6 Å². The largest absolute Gasteiger partial charge is 0.548 e. The van der Waals surface area contributed by atoms with E-state index < -0.39 is 11.8 Å². The molecule has 26 heavy (non-hydrogen) atoms. The van der Waals surface area contributed by atoms with Gasteiger partial charge in [0, 0.05) is 23.1 Å². The van der Waals surface area contributed by atoms with Gasteiger partial charge in [-0.2, -0.15) is 4.57 Å². The Balaban J connectivity index is 1.82. The molecule has 4 rings (SSSR count). The Bertz CT molecular complexity index is 1050. The van der Waals surface area contributed by atoms with Crippen LogP contribution >= 0.6 is 23.1 Å². The van der Waals surface area contributed by atoms with Crippen LogP contribution in [0, 0.1) is 5.82 Å². The number of benzene rings is 1. The lowest BCUT2D eigenvalue weighted by molar-refractivity contribution is -0.669. The van der Waals surface area contributed by atoms with E-state index in [9.17, 15) is 14.3 Å². The van der Waals surface area contributed by atoms with Gasteiger partial charge >= 0.3 is 0 Å². The van der Waals surface area contributed by atoms with Gasteiger partial charge in [0.1, 0.15) is 12.4 Å². The van der Waals surface area contributed by atoms with Crippen molar-refractivity contribution in [2.24, 2.45) is 0 Å². The Labute approximate surface area is 158 Å². The van der Waals surface area contributed by atoms with Crippen molar-refractivity contribution in [2.45, 2.75) is 18.4 Å². The Morgan fingerprint density at radius 2 is 2.15 bits per heavy atom. The molecule has 0 saturated carbocycles. The molecule has 0 atom stereocenters. The summed E-state index contributed by atoms with van der Waals surface area (Å²) in [6.45, 7) is 2.55. The quantitative estimate of drug-likeness (QED) is 0.647. The van der Waals surface area contributed by atoms with Crippen LogP contribution in [0.25, 0.3) is 16.3 Å². The minimum absolute atomic E-state index is 0.317. The molecule has 1 aromatic carbocycles. The van der Waals surface area contributed by atoms with Crippen molar-refractivity contribution in [1.29, 1.82) is 0 Å². The van der Waals surface area contributed by atoms with E-state index in [0.717, 1.165) is 27.7 Å². The molecule has 4 nitrogen and oxygen atoms in total. The molecule has 0 saturated heterocycles. The number of carboxylic acids is 1. The predicted molar refractivity (Wildman–Crippen MR) is 100 cm³/mol. The van der Waals surface area contributed by atoms with Crippen molar-refractivity contribution >= 4 is 51.0 Å². The Hall–Kier alpha value is -2.38. The second kappa shape index (κ2) is 6.74. The zero-order valence-corrected chi connectivity index (χ0v) is 15.6.